The molecule has 20 heavy (non-hydrogen) atoms. The molecule has 0 spiro atoms. The Hall–Kier alpha value is -1.23. The van der Waals surface area contributed by atoms with Gasteiger partial charge in [-0.25, -0.2) is 4.39 Å². The first-order valence-corrected chi connectivity index (χ1v) is 8.23. The molecule has 1 aromatic carbocycles. The Balaban J connectivity index is 1.80. The molecule has 1 atom stereocenters. The zero-order valence-corrected chi connectivity index (χ0v) is 12.5. The number of piperidine rings is 1. The molecule has 0 radical (unpaired) electrons. The van der Waals surface area contributed by atoms with Gasteiger partial charge in [-0.15, -0.1) is 0 Å². The number of nitrogens with zero attached hydrogens (tertiary/aromatic N) is 1. The number of likely N-dealkylation sites (tertiary alicyclic amines) is 1. The van der Waals surface area contributed by atoms with Gasteiger partial charge in [0.1, 0.15) is 11.6 Å². The fraction of sp³-hybridized carbons (Fsp3) is 0.533. The molecule has 0 bridgehead atoms. The van der Waals surface area contributed by atoms with E-state index in [-0.39, 0.29) is 11.7 Å². The van der Waals surface area contributed by atoms with E-state index >= 15 is 0 Å². The molecule has 0 aromatic heterocycles. The predicted molar refractivity (Wildman–Crippen MR) is 79.6 cm³/mol. The van der Waals surface area contributed by atoms with Crippen LogP contribution in [0.2, 0.25) is 0 Å². The average molecular weight is 297 g/mol. The van der Waals surface area contributed by atoms with Gasteiger partial charge in [-0.3, -0.25) is 4.79 Å². The molecule has 1 aliphatic heterocycles. The van der Waals surface area contributed by atoms with Gasteiger partial charge in [-0.1, -0.05) is 0 Å². The fourth-order valence-electron chi connectivity index (χ4n) is 2.39. The third-order valence-electron chi connectivity index (χ3n) is 3.44. The van der Waals surface area contributed by atoms with Gasteiger partial charge in [0.2, 0.25) is 5.91 Å². The number of benzene rings is 1. The molecule has 1 fully saturated rings. The highest BCUT2D eigenvalue weighted by Crippen LogP contribution is 2.19. The minimum absolute atomic E-state index is 0.212. The zero-order valence-electron chi connectivity index (χ0n) is 11.7. The van der Waals surface area contributed by atoms with Crippen LogP contribution in [0, 0.1) is 11.7 Å². The van der Waals surface area contributed by atoms with Crippen molar-refractivity contribution in [1.29, 1.82) is 0 Å². The van der Waals surface area contributed by atoms with Crippen LogP contribution < -0.4 is 4.74 Å². The number of amides is 1. The van der Waals surface area contributed by atoms with E-state index < -0.39 is 0 Å². The molecule has 0 N–H and O–H groups in total. The van der Waals surface area contributed by atoms with Gasteiger partial charge in [0.05, 0.1) is 12.4 Å². The summed E-state index contributed by atoms with van der Waals surface area (Å²) in [5.41, 5.74) is 0. The van der Waals surface area contributed by atoms with Crippen molar-refractivity contribution in [3.05, 3.63) is 30.1 Å². The van der Waals surface area contributed by atoms with Crippen LogP contribution >= 0.6 is 11.8 Å². The quantitative estimate of drug-likeness (QED) is 0.837. The summed E-state index contributed by atoms with van der Waals surface area (Å²) in [7, 11) is 0. The summed E-state index contributed by atoms with van der Waals surface area (Å²) in [6.45, 7) is 2.20. The van der Waals surface area contributed by atoms with Crippen LogP contribution in [0.15, 0.2) is 24.3 Å². The maximum Gasteiger partial charge on any atom is 0.232 e. The molecular formula is C15H20FNO2S. The third-order valence-corrected chi connectivity index (χ3v) is 3.97. The number of hydrogen-bond acceptors (Lipinski definition) is 3. The minimum Gasteiger partial charge on any atom is -0.493 e. The number of carbonyl (C=O) groups is 1. The molecule has 1 aliphatic rings. The predicted octanol–water partition coefficient (Wildman–Crippen LogP) is 2.81. The van der Waals surface area contributed by atoms with Crippen molar-refractivity contribution in [2.75, 3.05) is 31.7 Å². The highest BCUT2D eigenvalue weighted by atomic mass is 32.2. The summed E-state index contributed by atoms with van der Waals surface area (Å²) in [4.78, 5) is 13.8. The highest BCUT2D eigenvalue weighted by molar-refractivity contribution is 7.99. The first-order valence-electron chi connectivity index (χ1n) is 6.84. The van der Waals surface area contributed by atoms with Gasteiger partial charge in [-0.2, -0.15) is 11.8 Å². The Kier molecular flexibility index (Phi) is 5.71. The Labute approximate surface area is 123 Å². The van der Waals surface area contributed by atoms with Gasteiger partial charge in [0, 0.05) is 19.0 Å². The molecular weight excluding hydrogens is 277 g/mol. The molecule has 2 rings (SSSR count). The fourth-order valence-corrected chi connectivity index (χ4v) is 2.82. The lowest BCUT2D eigenvalue weighted by Crippen LogP contribution is -2.42. The van der Waals surface area contributed by atoms with Crippen molar-refractivity contribution >= 4 is 17.7 Å². The number of rotatable bonds is 5. The maximum atomic E-state index is 12.8. The SMILES string of the molecule is CSCC(=O)N1CCC[C@@H](COc2ccc(F)cc2)C1. The number of ether oxygens (including phenoxy) is 1. The standard InChI is InChI=1S/C15H20FNO2S/c1-20-11-15(18)17-8-2-3-12(9-17)10-19-14-6-4-13(16)5-7-14/h4-7,12H,2-3,8-11H2,1H3/t12-/m1/s1. The van der Waals surface area contributed by atoms with Gasteiger partial charge in [0.15, 0.2) is 0 Å². The van der Waals surface area contributed by atoms with Crippen LogP contribution in [0.5, 0.6) is 5.75 Å². The van der Waals surface area contributed by atoms with E-state index in [1.165, 1.54) is 12.1 Å². The second-order valence-corrected chi connectivity index (χ2v) is 5.91. The molecule has 0 unspecified atom stereocenters. The lowest BCUT2D eigenvalue weighted by atomic mass is 9.99. The summed E-state index contributed by atoms with van der Waals surface area (Å²) in [5, 5.41) is 0. The molecule has 0 aliphatic carbocycles. The number of carbonyl (C=O) groups excluding carboxylic acids is 1. The van der Waals surface area contributed by atoms with Gasteiger partial charge >= 0.3 is 0 Å². The first-order chi connectivity index (χ1) is 9.69. The molecule has 1 saturated heterocycles. The second kappa shape index (κ2) is 7.53. The largest absolute Gasteiger partial charge is 0.493 e. The monoisotopic (exact) mass is 297 g/mol. The first kappa shape index (κ1) is 15.2. The van der Waals surface area contributed by atoms with Crippen molar-refractivity contribution in [1.82, 2.24) is 4.90 Å². The minimum atomic E-state index is -0.260. The van der Waals surface area contributed by atoms with Gasteiger partial charge in [-0.05, 0) is 43.4 Å². The van der Waals surface area contributed by atoms with Crippen LogP contribution in [0.25, 0.3) is 0 Å². The Morgan fingerprint density at radius 2 is 2.20 bits per heavy atom. The third kappa shape index (κ3) is 4.40. The molecule has 1 aromatic rings. The topological polar surface area (TPSA) is 29.5 Å². The number of hydrogen-bond donors (Lipinski definition) is 0. The maximum absolute atomic E-state index is 12.8. The van der Waals surface area contributed by atoms with Crippen LogP contribution in [0.1, 0.15) is 12.8 Å². The molecule has 0 saturated carbocycles. The zero-order chi connectivity index (χ0) is 14.4. The number of thioether (sulfide) groups is 1. The van der Waals surface area contributed by atoms with E-state index in [2.05, 4.69) is 0 Å². The molecule has 5 heteroatoms. The Bertz CT molecular complexity index is 438. The van der Waals surface area contributed by atoms with Crippen molar-refractivity contribution in [2.45, 2.75) is 12.8 Å². The van der Waals surface area contributed by atoms with Crippen LogP contribution in [-0.2, 0) is 4.79 Å². The molecule has 1 heterocycles. The Morgan fingerprint density at radius 1 is 1.45 bits per heavy atom. The smallest absolute Gasteiger partial charge is 0.232 e. The lowest BCUT2D eigenvalue weighted by molar-refractivity contribution is -0.130. The van der Waals surface area contributed by atoms with Crippen molar-refractivity contribution in [2.24, 2.45) is 5.92 Å². The van der Waals surface area contributed by atoms with E-state index in [0.717, 1.165) is 25.9 Å². The summed E-state index contributed by atoms with van der Waals surface area (Å²) < 4.78 is 18.5. The summed E-state index contributed by atoms with van der Waals surface area (Å²) in [6.07, 6.45) is 4.04. The van der Waals surface area contributed by atoms with E-state index in [1.807, 2.05) is 11.2 Å². The van der Waals surface area contributed by atoms with E-state index in [9.17, 15) is 9.18 Å². The van der Waals surface area contributed by atoms with Crippen LogP contribution in [-0.4, -0.2) is 42.5 Å². The normalized spacial score (nSPS) is 18.9. The van der Waals surface area contributed by atoms with E-state index in [1.54, 1.807) is 23.9 Å². The lowest BCUT2D eigenvalue weighted by Gasteiger charge is -2.32. The van der Waals surface area contributed by atoms with E-state index in [4.69, 9.17) is 4.74 Å². The average Bonchev–Trinajstić information content (AvgIpc) is 2.47. The number of halogens is 1. The molecule has 3 nitrogen and oxygen atoms in total. The van der Waals surface area contributed by atoms with Crippen molar-refractivity contribution in [3.63, 3.8) is 0 Å². The van der Waals surface area contributed by atoms with Gasteiger partial charge in [0.25, 0.3) is 0 Å². The van der Waals surface area contributed by atoms with Crippen molar-refractivity contribution < 1.29 is 13.9 Å². The molecule has 1 amide bonds. The van der Waals surface area contributed by atoms with E-state index in [0.29, 0.717) is 24.0 Å². The summed E-state index contributed by atoms with van der Waals surface area (Å²) in [6, 6.07) is 6.05. The Morgan fingerprint density at radius 3 is 2.90 bits per heavy atom. The summed E-state index contributed by atoms with van der Waals surface area (Å²) >= 11 is 1.56. The molecule has 110 valence electrons. The highest BCUT2D eigenvalue weighted by Gasteiger charge is 2.23. The van der Waals surface area contributed by atoms with Crippen LogP contribution in [0.4, 0.5) is 4.39 Å². The van der Waals surface area contributed by atoms with Crippen LogP contribution in [0.3, 0.4) is 0 Å². The van der Waals surface area contributed by atoms with Crippen molar-refractivity contribution in [3.8, 4) is 5.75 Å². The summed E-state index contributed by atoms with van der Waals surface area (Å²) in [5.74, 6) is 1.54. The van der Waals surface area contributed by atoms with Gasteiger partial charge < -0.3 is 9.64 Å². The second-order valence-electron chi connectivity index (χ2n) is 5.05.